The van der Waals surface area contributed by atoms with E-state index in [4.69, 9.17) is 4.74 Å². The van der Waals surface area contributed by atoms with Gasteiger partial charge in [0.15, 0.2) is 6.61 Å². The Balaban J connectivity index is 1.49. The van der Waals surface area contributed by atoms with Crippen molar-refractivity contribution < 1.29 is 14.3 Å². The molecule has 2 amide bonds. The van der Waals surface area contributed by atoms with Crippen molar-refractivity contribution >= 4 is 11.8 Å². The van der Waals surface area contributed by atoms with Crippen LogP contribution >= 0.6 is 0 Å². The summed E-state index contributed by atoms with van der Waals surface area (Å²) in [7, 11) is 0. The van der Waals surface area contributed by atoms with Crippen LogP contribution in [-0.4, -0.2) is 64.4 Å². The van der Waals surface area contributed by atoms with Crippen LogP contribution < -0.4 is 4.74 Å². The van der Waals surface area contributed by atoms with Crippen molar-refractivity contribution in [1.82, 2.24) is 19.8 Å². The van der Waals surface area contributed by atoms with E-state index in [0.717, 1.165) is 5.56 Å². The molecule has 3 rings (SSSR count). The Morgan fingerprint density at radius 1 is 1.04 bits per heavy atom. The quantitative estimate of drug-likeness (QED) is 0.831. The number of nitrogens with zero attached hydrogens (tertiary/aromatic N) is 4. The smallest absolute Gasteiger partial charge is 0.274 e. The maximum Gasteiger partial charge on any atom is 0.274 e. The van der Waals surface area contributed by atoms with Crippen molar-refractivity contribution in [2.24, 2.45) is 0 Å². The summed E-state index contributed by atoms with van der Waals surface area (Å²) in [6.07, 6.45) is 4.48. The van der Waals surface area contributed by atoms with Crippen molar-refractivity contribution in [2.45, 2.75) is 13.8 Å². The van der Waals surface area contributed by atoms with Crippen LogP contribution in [0.1, 0.15) is 21.6 Å². The van der Waals surface area contributed by atoms with Gasteiger partial charge in [-0.25, -0.2) is 4.98 Å². The summed E-state index contributed by atoms with van der Waals surface area (Å²) >= 11 is 0. The van der Waals surface area contributed by atoms with Crippen LogP contribution in [-0.2, 0) is 4.79 Å². The molecule has 26 heavy (non-hydrogen) atoms. The van der Waals surface area contributed by atoms with E-state index in [1.165, 1.54) is 24.2 Å². The van der Waals surface area contributed by atoms with Crippen molar-refractivity contribution in [2.75, 3.05) is 32.8 Å². The zero-order chi connectivity index (χ0) is 18.5. The zero-order valence-electron chi connectivity index (χ0n) is 15.0. The lowest BCUT2D eigenvalue weighted by atomic mass is 10.1. The molecule has 136 valence electrons. The van der Waals surface area contributed by atoms with Crippen LogP contribution in [0, 0.1) is 13.8 Å². The zero-order valence-corrected chi connectivity index (χ0v) is 15.0. The first kappa shape index (κ1) is 17.8. The molecule has 0 radical (unpaired) electrons. The number of amides is 2. The summed E-state index contributed by atoms with van der Waals surface area (Å²) in [5.74, 6) is 0.462. The highest BCUT2D eigenvalue weighted by molar-refractivity contribution is 5.92. The number of aromatic nitrogens is 2. The number of aryl methyl sites for hydroxylation is 2. The van der Waals surface area contributed by atoms with Crippen LogP contribution in [0.4, 0.5) is 0 Å². The van der Waals surface area contributed by atoms with E-state index in [2.05, 4.69) is 9.97 Å². The third kappa shape index (κ3) is 4.17. The van der Waals surface area contributed by atoms with E-state index in [9.17, 15) is 9.59 Å². The van der Waals surface area contributed by atoms with Gasteiger partial charge in [0.1, 0.15) is 11.4 Å². The number of carbonyl (C=O) groups is 2. The molecule has 0 atom stereocenters. The van der Waals surface area contributed by atoms with Crippen molar-refractivity contribution in [3.63, 3.8) is 0 Å². The number of rotatable bonds is 4. The normalized spacial score (nSPS) is 14.2. The van der Waals surface area contributed by atoms with E-state index < -0.39 is 0 Å². The fourth-order valence-electron chi connectivity index (χ4n) is 2.77. The van der Waals surface area contributed by atoms with E-state index in [-0.39, 0.29) is 18.4 Å². The molecule has 2 aromatic rings. The molecule has 1 aliphatic rings. The van der Waals surface area contributed by atoms with Gasteiger partial charge in [0.2, 0.25) is 0 Å². The summed E-state index contributed by atoms with van der Waals surface area (Å²) in [6, 6.07) is 5.78. The maximum atomic E-state index is 12.3. The summed E-state index contributed by atoms with van der Waals surface area (Å²) < 4.78 is 5.61. The molecule has 2 heterocycles. The molecule has 7 nitrogen and oxygen atoms in total. The number of benzene rings is 1. The molecule has 0 spiro atoms. The topological polar surface area (TPSA) is 75.6 Å². The van der Waals surface area contributed by atoms with Gasteiger partial charge >= 0.3 is 0 Å². The minimum absolute atomic E-state index is 0.000603. The van der Waals surface area contributed by atoms with E-state index >= 15 is 0 Å². The molecule has 1 aliphatic heterocycles. The van der Waals surface area contributed by atoms with Gasteiger partial charge in [-0.05, 0) is 37.1 Å². The van der Waals surface area contributed by atoms with Gasteiger partial charge in [0.05, 0.1) is 6.20 Å². The predicted molar refractivity (Wildman–Crippen MR) is 95.9 cm³/mol. The Bertz CT molecular complexity index is 787. The number of carbonyl (C=O) groups excluding carboxylic acids is 2. The Hall–Kier alpha value is -2.96. The Morgan fingerprint density at radius 3 is 2.42 bits per heavy atom. The molecule has 7 heteroatoms. The average Bonchev–Trinajstić information content (AvgIpc) is 2.69. The monoisotopic (exact) mass is 354 g/mol. The standard InChI is InChI=1S/C19H22N4O3/c1-14-3-4-16(11-15(14)2)26-13-18(24)22-7-9-23(10-8-22)19(25)17-12-20-5-6-21-17/h3-6,11-12H,7-10,13H2,1-2H3. The lowest BCUT2D eigenvalue weighted by Crippen LogP contribution is -2.51. The van der Waals surface area contributed by atoms with Gasteiger partial charge in [0.25, 0.3) is 11.8 Å². The molecular formula is C19H22N4O3. The van der Waals surface area contributed by atoms with Gasteiger partial charge in [-0.1, -0.05) is 6.07 Å². The van der Waals surface area contributed by atoms with Crippen molar-refractivity contribution in [1.29, 1.82) is 0 Å². The minimum atomic E-state index is -0.156. The lowest BCUT2D eigenvalue weighted by Gasteiger charge is -2.34. The second kappa shape index (κ2) is 7.95. The molecule has 1 fully saturated rings. The number of hydrogen-bond donors (Lipinski definition) is 0. The maximum absolute atomic E-state index is 12.3. The SMILES string of the molecule is Cc1ccc(OCC(=O)N2CCN(C(=O)c3cnccn3)CC2)cc1C. The van der Waals surface area contributed by atoms with E-state index in [1.54, 1.807) is 9.80 Å². The Morgan fingerprint density at radius 2 is 1.77 bits per heavy atom. The molecule has 1 saturated heterocycles. The van der Waals surface area contributed by atoms with Crippen LogP contribution in [0.3, 0.4) is 0 Å². The third-order valence-electron chi connectivity index (χ3n) is 4.54. The van der Waals surface area contributed by atoms with Crippen LogP contribution in [0.15, 0.2) is 36.8 Å². The first-order valence-corrected chi connectivity index (χ1v) is 8.57. The first-order chi connectivity index (χ1) is 12.5. The highest BCUT2D eigenvalue weighted by atomic mass is 16.5. The minimum Gasteiger partial charge on any atom is -0.484 e. The molecule has 0 unspecified atom stereocenters. The van der Waals surface area contributed by atoms with Crippen LogP contribution in [0.5, 0.6) is 5.75 Å². The largest absolute Gasteiger partial charge is 0.484 e. The van der Waals surface area contributed by atoms with Crippen LogP contribution in [0.25, 0.3) is 0 Å². The number of ether oxygens (including phenoxy) is 1. The summed E-state index contributed by atoms with van der Waals surface area (Å²) in [5.41, 5.74) is 2.64. The highest BCUT2D eigenvalue weighted by Crippen LogP contribution is 2.16. The molecular weight excluding hydrogens is 332 g/mol. The van der Waals surface area contributed by atoms with Gasteiger partial charge in [-0.2, -0.15) is 0 Å². The first-order valence-electron chi connectivity index (χ1n) is 8.57. The van der Waals surface area contributed by atoms with Gasteiger partial charge < -0.3 is 14.5 Å². The lowest BCUT2D eigenvalue weighted by molar-refractivity contribution is -0.134. The number of piperazine rings is 1. The Kier molecular flexibility index (Phi) is 5.46. The molecule has 1 aromatic carbocycles. The van der Waals surface area contributed by atoms with Crippen molar-refractivity contribution in [3.05, 3.63) is 53.6 Å². The highest BCUT2D eigenvalue weighted by Gasteiger charge is 2.25. The van der Waals surface area contributed by atoms with E-state index in [0.29, 0.717) is 37.6 Å². The predicted octanol–water partition coefficient (Wildman–Crippen LogP) is 1.46. The fourth-order valence-corrected chi connectivity index (χ4v) is 2.77. The molecule has 1 aromatic heterocycles. The Labute approximate surface area is 152 Å². The van der Waals surface area contributed by atoms with Crippen molar-refractivity contribution in [3.8, 4) is 5.75 Å². The van der Waals surface area contributed by atoms with E-state index in [1.807, 2.05) is 32.0 Å². The van der Waals surface area contributed by atoms with Gasteiger partial charge in [-0.3, -0.25) is 14.6 Å². The third-order valence-corrected chi connectivity index (χ3v) is 4.54. The van der Waals surface area contributed by atoms with Crippen LogP contribution in [0.2, 0.25) is 0 Å². The summed E-state index contributed by atoms with van der Waals surface area (Å²) in [4.78, 5) is 36.1. The number of hydrogen-bond acceptors (Lipinski definition) is 5. The second-order valence-corrected chi connectivity index (χ2v) is 6.30. The summed E-state index contributed by atoms with van der Waals surface area (Å²) in [6.45, 7) is 5.97. The summed E-state index contributed by atoms with van der Waals surface area (Å²) in [5, 5.41) is 0. The second-order valence-electron chi connectivity index (χ2n) is 6.30. The van der Waals surface area contributed by atoms with Gasteiger partial charge in [0, 0.05) is 38.6 Å². The molecule has 0 saturated carbocycles. The molecule has 0 bridgehead atoms. The molecule has 0 aliphatic carbocycles. The fraction of sp³-hybridized carbons (Fsp3) is 0.368. The van der Waals surface area contributed by atoms with Gasteiger partial charge in [-0.15, -0.1) is 0 Å². The molecule has 0 N–H and O–H groups in total. The average molecular weight is 354 g/mol.